The predicted molar refractivity (Wildman–Crippen MR) is 92.2 cm³/mol. The molecule has 0 saturated carbocycles. The standard InChI is InChI=1S/C20H12N2S/c1-2-4-14-13(3-1)17-15-7-11-9-23-10-12(11)8-16(15)18(14)20-19(17)21-5-6-22-20/h1-10,17-18H. The van der Waals surface area contributed by atoms with E-state index in [0.717, 1.165) is 11.4 Å². The van der Waals surface area contributed by atoms with Crippen LogP contribution in [0.5, 0.6) is 0 Å². The zero-order valence-corrected chi connectivity index (χ0v) is 13.0. The van der Waals surface area contributed by atoms with Crippen molar-refractivity contribution in [3.63, 3.8) is 0 Å². The average Bonchev–Trinajstić information content (AvgIpc) is 3.06. The van der Waals surface area contributed by atoms with Crippen LogP contribution in [0.2, 0.25) is 0 Å². The summed E-state index contributed by atoms with van der Waals surface area (Å²) in [7, 11) is 0. The maximum atomic E-state index is 4.71. The predicted octanol–water partition coefficient (Wildman–Crippen LogP) is 4.68. The lowest BCUT2D eigenvalue weighted by atomic mass is 9.64. The van der Waals surface area contributed by atoms with Gasteiger partial charge in [0, 0.05) is 12.4 Å². The first kappa shape index (κ1) is 12.0. The number of fused-ring (bicyclic) bond motifs is 1. The summed E-state index contributed by atoms with van der Waals surface area (Å²) in [6.45, 7) is 0. The maximum absolute atomic E-state index is 4.71. The zero-order chi connectivity index (χ0) is 15.0. The van der Waals surface area contributed by atoms with E-state index >= 15 is 0 Å². The summed E-state index contributed by atoms with van der Waals surface area (Å²) in [6, 6.07) is 13.5. The van der Waals surface area contributed by atoms with Crippen molar-refractivity contribution in [2.75, 3.05) is 0 Å². The highest BCUT2D eigenvalue weighted by molar-refractivity contribution is 7.09. The highest BCUT2D eigenvalue weighted by atomic mass is 32.1. The van der Waals surface area contributed by atoms with Crippen LogP contribution in [0.3, 0.4) is 0 Å². The molecule has 108 valence electrons. The summed E-state index contributed by atoms with van der Waals surface area (Å²) in [5, 5.41) is 7.15. The third kappa shape index (κ3) is 1.39. The van der Waals surface area contributed by atoms with Crippen LogP contribution in [0.25, 0.3) is 10.8 Å². The fourth-order valence-corrected chi connectivity index (χ4v) is 5.09. The van der Waals surface area contributed by atoms with Crippen molar-refractivity contribution in [1.29, 1.82) is 0 Å². The van der Waals surface area contributed by atoms with Crippen LogP contribution in [0.15, 0.2) is 59.6 Å². The maximum Gasteiger partial charge on any atom is 0.0747 e. The van der Waals surface area contributed by atoms with Gasteiger partial charge in [-0.1, -0.05) is 24.3 Å². The summed E-state index contributed by atoms with van der Waals surface area (Å²) >= 11 is 1.77. The Morgan fingerprint density at radius 1 is 0.696 bits per heavy atom. The Hall–Kier alpha value is -2.52. The van der Waals surface area contributed by atoms with Gasteiger partial charge in [0.1, 0.15) is 0 Å². The normalized spacial score (nSPS) is 20.2. The van der Waals surface area contributed by atoms with E-state index < -0.39 is 0 Å². The first-order valence-corrected chi connectivity index (χ1v) is 8.75. The molecule has 2 heterocycles. The molecule has 7 rings (SSSR count). The molecule has 0 saturated heterocycles. The summed E-state index contributed by atoms with van der Waals surface area (Å²) in [5.74, 6) is 0.443. The second kappa shape index (κ2) is 4.06. The molecule has 2 bridgehead atoms. The molecule has 0 spiro atoms. The summed E-state index contributed by atoms with van der Waals surface area (Å²) in [4.78, 5) is 9.42. The Balaban J connectivity index is 1.78. The molecule has 23 heavy (non-hydrogen) atoms. The molecule has 4 aromatic rings. The molecule has 3 aliphatic carbocycles. The number of benzene rings is 2. The molecular formula is C20H12N2S. The van der Waals surface area contributed by atoms with Crippen molar-refractivity contribution >= 4 is 22.1 Å². The van der Waals surface area contributed by atoms with E-state index in [1.165, 1.54) is 33.0 Å². The van der Waals surface area contributed by atoms with Gasteiger partial charge in [0.25, 0.3) is 0 Å². The number of nitrogens with zero attached hydrogens (tertiary/aromatic N) is 2. The average molecular weight is 312 g/mol. The minimum atomic E-state index is 0.221. The monoisotopic (exact) mass is 312 g/mol. The van der Waals surface area contributed by atoms with Gasteiger partial charge >= 0.3 is 0 Å². The minimum Gasteiger partial charge on any atom is -0.257 e. The van der Waals surface area contributed by atoms with Gasteiger partial charge in [0.05, 0.1) is 23.2 Å². The zero-order valence-electron chi connectivity index (χ0n) is 12.2. The van der Waals surface area contributed by atoms with Gasteiger partial charge in [-0.05, 0) is 55.9 Å². The lowest BCUT2D eigenvalue weighted by Gasteiger charge is -2.40. The molecule has 2 atom stereocenters. The van der Waals surface area contributed by atoms with Gasteiger partial charge in [-0.2, -0.15) is 11.3 Å². The van der Waals surface area contributed by atoms with Crippen LogP contribution in [-0.2, 0) is 0 Å². The Morgan fingerprint density at radius 2 is 1.22 bits per heavy atom. The first-order valence-electron chi connectivity index (χ1n) is 7.81. The summed E-state index contributed by atoms with van der Waals surface area (Å²) in [6.07, 6.45) is 3.65. The molecule has 2 unspecified atom stereocenters. The second-order valence-electron chi connectivity index (χ2n) is 6.30. The van der Waals surface area contributed by atoms with E-state index in [9.17, 15) is 0 Å². The molecular weight excluding hydrogens is 300 g/mol. The third-order valence-electron chi connectivity index (χ3n) is 5.22. The first-order chi connectivity index (χ1) is 11.4. The van der Waals surface area contributed by atoms with Crippen LogP contribution in [0.4, 0.5) is 0 Å². The van der Waals surface area contributed by atoms with Gasteiger partial charge in [-0.25, -0.2) is 0 Å². The van der Waals surface area contributed by atoms with E-state index in [-0.39, 0.29) is 11.8 Å². The molecule has 0 amide bonds. The van der Waals surface area contributed by atoms with Gasteiger partial charge in [0.15, 0.2) is 0 Å². The van der Waals surface area contributed by atoms with Crippen LogP contribution < -0.4 is 0 Å². The van der Waals surface area contributed by atoms with Crippen LogP contribution in [0.1, 0.15) is 45.5 Å². The minimum absolute atomic E-state index is 0.221. The van der Waals surface area contributed by atoms with Gasteiger partial charge in [-0.3, -0.25) is 9.97 Å². The largest absolute Gasteiger partial charge is 0.257 e. The van der Waals surface area contributed by atoms with E-state index in [4.69, 9.17) is 9.97 Å². The number of hydrogen-bond donors (Lipinski definition) is 0. The summed E-state index contributed by atoms with van der Waals surface area (Å²) in [5.41, 5.74) is 7.89. The van der Waals surface area contributed by atoms with Crippen molar-refractivity contribution in [3.05, 3.63) is 93.2 Å². The number of thiophene rings is 1. The third-order valence-corrected chi connectivity index (χ3v) is 6.00. The van der Waals surface area contributed by atoms with Crippen LogP contribution in [-0.4, -0.2) is 9.97 Å². The molecule has 0 fully saturated rings. The number of hydrogen-bond acceptors (Lipinski definition) is 3. The Kier molecular flexibility index (Phi) is 2.11. The molecule has 0 aliphatic heterocycles. The van der Waals surface area contributed by atoms with Gasteiger partial charge in [0.2, 0.25) is 0 Å². The Labute approximate surface area is 137 Å². The number of rotatable bonds is 0. The second-order valence-corrected chi connectivity index (χ2v) is 7.05. The molecule has 2 nitrogen and oxygen atoms in total. The van der Waals surface area contributed by atoms with Crippen molar-refractivity contribution in [1.82, 2.24) is 9.97 Å². The lowest BCUT2D eigenvalue weighted by molar-refractivity contribution is 0.701. The van der Waals surface area contributed by atoms with E-state index in [1.54, 1.807) is 11.3 Å². The van der Waals surface area contributed by atoms with Crippen LogP contribution in [0, 0.1) is 0 Å². The smallest absolute Gasteiger partial charge is 0.0747 e. The highest BCUT2D eigenvalue weighted by Gasteiger charge is 2.43. The molecule has 3 heteroatoms. The number of aromatic nitrogens is 2. The Bertz CT molecular complexity index is 964. The Morgan fingerprint density at radius 3 is 1.74 bits per heavy atom. The van der Waals surface area contributed by atoms with Gasteiger partial charge in [-0.15, -0.1) is 0 Å². The van der Waals surface area contributed by atoms with E-state index in [2.05, 4.69) is 47.2 Å². The topological polar surface area (TPSA) is 25.8 Å². The highest BCUT2D eigenvalue weighted by Crippen LogP contribution is 2.54. The SMILES string of the molecule is c1ccc2c(c1)C1c3cc4cscc4cc3C2c2nccnc21. The molecule has 2 aromatic heterocycles. The fraction of sp³-hybridized carbons (Fsp3) is 0.100. The quantitative estimate of drug-likeness (QED) is 0.407. The summed E-state index contributed by atoms with van der Waals surface area (Å²) < 4.78 is 0. The molecule has 0 radical (unpaired) electrons. The fourth-order valence-electron chi connectivity index (χ4n) is 4.32. The van der Waals surface area contributed by atoms with E-state index in [1.807, 2.05) is 12.4 Å². The van der Waals surface area contributed by atoms with Crippen molar-refractivity contribution in [2.45, 2.75) is 11.8 Å². The van der Waals surface area contributed by atoms with E-state index in [0.29, 0.717) is 0 Å². The van der Waals surface area contributed by atoms with Crippen LogP contribution >= 0.6 is 11.3 Å². The molecule has 2 aromatic carbocycles. The molecule has 0 N–H and O–H groups in total. The van der Waals surface area contributed by atoms with Gasteiger partial charge < -0.3 is 0 Å². The molecule has 3 aliphatic rings. The van der Waals surface area contributed by atoms with Crippen molar-refractivity contribution in [3.8, 4) is 0 Å². The van der Waals surface area contributed by atoms with Crippen molar-refractivity contribution in [2.24, 2.45) is 0 Å². The van der Waals surface area contributed by atoms with Crippen molar-refractivity contribution < 1.29 is 0 Å². The lowest BCUT2D eigenvalue weighted by Crippen LogP contribution is -2.29.